The average molecular weight is 200 g/mol. The molecule has 0 fully saturated rings. The number of rotatable bonds is 2. The number of para-hydroxylation sites is 1. The highest BCUT2D eigenvalue weighted by Crippen LogP contribution is 2.13. The first-order valence-electron chi connectivity index (χ1n) is 4.58. The molecule has 0 aromatic heterocycles. The maximum Gasteiger partial charge on any atom is 0.248 e. The average Bonchev–Trinajstić information content (AvgIpc) is 2.17. The lowest BCUT2D eigenvalue weighted by molar-refractivity contribution is -0.111. The van der Waals surface area contributed by atoms with Gasteiger partial charge < -0.3 is 5.32 Å². The molecule has 1 amide bonds. The molecule has 0 aliphatic heterocycles. The minimum absolute atomic E-state index is 0.210. The van der Waals surface area contributed by atoms with E-state index >= 15 is 0 Å². The van der Waals surface area contributed by atoms with Crippen LogP contribution in [0.3, 0.4) is 0 Å². The molecule has 3 heteroatoms. The molecule has 0 radical (unpaired) electrons. The summed E-state index contributed by atoms with van der Waals surface area (Å²) in [6, 6.07) is 8.92. The predicted octanol–water partition coefficient (Wildman–Crippen LogP) is 2.46. The Morgan fingerprint density at radius 1 is 1.40 bits per heavy atom. The molecule has 0 aliphatic carbocycles. The lowest BCUT2D eigenvalue weighted by Gasteiger charge is -2.03. The zero-order chi connectivity index (χ0) is 11.3. The Bertz CT molecular complexity index is 437. The number of nitriles is 1. The summed E-state index contributed by atoms with van der Waals surface area (Å²) in [5.74, 6) is -0.210. The fourth-order valence-corrected chi connectivity index (χ4v) is 1.12. The van der Waals surface area contributed by atoms with Crippen LogP contribution in [-0.4, -0.2) is 5.91 Å². The van der Waals surface area contributed by atoms with Crippen molar-refractivity contribution < 1.29 is 4.79 Å². The van der Waals surface area contributed by atoms with Crippen LogP contribution < -0.4 is 5.32 Å². The third-order valence-electron chi connectivity index (χ3n) is 1.73. The Balaban J connectivity index is 2.86. The highest BCUT2D eigenvalue weighted by Gasteiger charge is 2.02. The smallest absolute Gasteiger partial charge is 0.248 e. The molecule has 0 heterocycles. The summed E-state index contributed by atoms with van der Waals surface area (Å²) in [5.41, 5.74) is 1.93. The number of nitrogens with one attached hydrogen (secondary N) is 1. The van der Waals surface area contributed by atoms with Crippen molar-refractivity contribution in [2.75, 3.05) is 5.32 Å². The van der Waals surface area contributed by atoms with E-state index in [1.807, 2.05) is 19.9 Å². The Labute approximate surface area is 89.0 Å². The second-order valence-corrected chi connectivity index (χ2v) is 3.37. The highest BCUT2D eigenvalue weighted by molar-refractivity contribution is 6.00. The number of carbonyl (C=O) groups excluding carboxylic acids is 1. The van der Waals surface area contributed by atoms with Gasteiger partial charge in [-0.1, -0.05) is 17.7 Å². The van der Waals surface area contributed by atoms with Gasteiger partial charge in [0.2, 0.25) is 5.91 Å². The lowest BCUT2D eigenvalue weighted by Crippen LogP contribution is -2.09. The minimum atomic E-state index is -0.210. The van der Waals surface area contributed by atoms with E-state index in [2.05, 4.69) is 5.32 Å². The molecule has 0 aliphatic rings. The Hall–Kier alpha value is -2.08. The van der Waals surface area contributed by atoms with Gasteiger partial charge in [-0.2, -0.15) is 5.26 Å². The van der Waals surface area contributed by atoms with Crippen molar-refractivity contribution in [1.29, 1.82) is 5.26 Å². The fourth-order valence-electron chi connectivity index (χ4n) is 1.12. The summed E-state index contributed by atoms with van der Waals surface area (Å²) in [5, 5.41) is 11.5. The molecule has 0 bridgehead atoms. The van der Waals surface area contributed by atoms with Crippen LogP contribution >= 0.6 is 0 Å². The molecule has 0 atom stereocenters. The van der Waals surface area contributed by atoms with Crippen molar-refractivity contribution in [2.24, 2.45) is 0 Å². The van der Waals surface area contributed by atoms with Gasteiger partial charge >= 0.3 is 0 Å². The number of benzene rings is 1. The first-order valence-corrected chi connectivity index (χ1v) is 4.58. The molecular formula is C12H12N2O. The number of anilines is 1. The second-order valence-electron chi connectivity index (χ2n) is 3.37. The van der Waals surface area contributed by atoms with Gasteiger partial charge in [0.15, 0.2) is 0 Å². The van der Waals surface area contributed by atoms with Gasteiger partial charge in [-0.05, 0) is 26.0 Å². The summed E-state index contributed by atoms with van der Waals surface area (Å²) in [6.07, 6.45) is 1.49. The van der Waals surface area contributed by atoms with Gasteiger partial charge in [0.25, 0.3) is 0 Å². The van der Waals surface area contributed by atoms with Crippen LogP contribution in [0.15, 0.2) is 35.9 Å². The van der Waals surface area contributed by atoms with Gasteiger partial charge in [0.05, 0.1) is 11.3 Å². The largest absolute Gasteiger partial charge is 0.321 e. The van der Waals surface area contributed by atoms with Crippen LogP contribution in [-0.2, 0) is 4.79 Å². The van der Waals surface area contributed by atoms with Gasteiger partial charge in [-0.25, -0.2) is 0 Å². The van der Waals surface area contributed by atoms with Crippen molar-refractivity contribution in [1.82, 2.24) is 0 Å². The molecular weight excluding hydrogens is 188 g/mol. The molecule has 1 N–H and O–H groups in total. The minimum Gasteiger partial charge on any atom is -0.321 e. The third-order valence-corrected chi connectivity index (χ3v) is 1.73. The van der Waals surface area contributed by atoms with Gasteiger partial charge in [0.1, 0.15) is 6.07 Å². The zero-order valence-corrected chi connectivity index (χ0v) is 8.74. The third kappa shape index (κ3) is 3.28. The second kappa shape index (κ2) is 4.97. The van der Waals surface area contributed by atoms with E-state index in [9.17, 15) is 4.79 Å². The molecule has 0 saturated carbocycles. The first kappa shape index (κ1) is 11.0. The highest BCUT2D eigenvalue weighted by atomic mass is 16.1. The van der Waals surface area contributed by atoms with Crippen LogP contribution in [0.2, 0.25) is 0 Å². The van der Waals surface area contributed by atoms with Crippen LogP contribution in [0.25, 0.3) is 0 Å². The monoisotopic (exact) mass is 200 g/mol. The molecule has 1 rings (SSSR count). The van der Waals surface area contributed by atoms with Crippen LogP contribution in [0, 0.1) is 11.3 Å². The Kier molecular flexibility index (Phi) is 3.64. The number of hydrogen-bond acceptors (Lipinski definition) is 2. The lowest BCUT2D eigenvalue weighted by atomic mass is 10.2. The number of nitrogens with zero attached hydrogens (tertiary/aromatic N) is 1. The predicted molar refractivity (Wildman–Crippen MR) is 59.2 cm³/mol. The molecule has 3 nitrogen and oxygen atoms in total. The van der Waals surface area contributed by atoms with Gasteiger partial charge in [-0.15, -0.1) is 0 Å². The number of amides is 1. The molecule has 0 unspecified atom stereocenters. The summed E-state index contributed by atoms with van der Waals surface area (Å²) in [6.45, 7) is 3.69. The summed E-state index contributed by atoms with van der Waals surface area (Å²) >= 11 is 0. The first-order chi connectivity index (χ1) is 7.13. The van der Waals surface area contributed by atoms with E-state index in [0.29, 0.717) is 11.3 Å². The van der Waals surface area contributed by atoms with E-state index in [1.165, 1.54) is 6.08 Å². The molecule has 1 aromatic rings. The van der Waals surface area contributed by atoms with Crippen molar-refractivity contribution >= 4 is 11.6 Å². The number of allylic oxidation sites excluding steroid dienone is 1. The summed E-state index contributed by atoms with van der Waals surface area (Å²) < 4.78 is 0. The van der Waals surface area contributed by atoms with Crippen LogP contribution in [0.5, 0.6) is 0 Å². The van der Waals surface area contributed by atoms with E-state index in [-0.39, 0.29) is 5.91 Å². The zero-order valence-electron chi connectivity index (χ0n) is 8.74. The van der Waals surface area contributed by atoms with Crippen molar-refractivity contribution in [3.63, 3.8) is 0 Å². The van der Waals surface area contributed by atoms with E-state index < -0.39 is 0 Å². The topological polar surface area (TPSA) is 52.9 Å². The van der Waals surface area contributed by atoms with Crippen molar-refractivity contribution in [2.45, 2.75) is 13.8 Å². The van der Waals surface area contributed by atoms with Crippen molar-refractivity contribution in [3.8, 4) is 6.07 Å². The molecule has 1 aromatic carbocycles. The summed E-state index contributed by atoms with van der Waals surface area (Å²) in [4.78, 5) is 11.4. The molecule has 15 heavy (non-hydrogen) atoms. The molecule has 0 spiro atoms. The Morgan fingerprint density at radius 3 is 2.67 bits per heavy atom. The molecule has 0 saturated heterocycles. The quantitative estimate of drug-likeness (QED) is 0.745. The maximum atomic E-state index is 11.4. The van der Waals surface area contributed by atoms with E-state index in [1.54, 1.807) is 24.3 Å². The molecule has 76 valence electrons. The van der Waals surface area contributed by atoms with Gasteiger partial charge in [-0.3, -0.25) is 4.79 Å². The fraction of sp³-hybridized carbons (Fsp3) is 0.167. The van der Waals surface area contributed by atoms with Crippen LogP contribution in [0.1, 0.15) is 19.4 Å². The Morgan fingerprint density at radius 2 is 2.07 bits per heavy atom. The van der Waals surface area contributed by atoms with Crippen LogP contribution in [0.4, 0.5) is 5.69 Å². The number of carbonyl (C=O) groups is 1. The SMILES string of the molecule is CC(C)=CC(=O)Nc1ccccc1C#N. The van der Waals surface area contributed by atoms with E-state index in [4.69, 9.17) is 5.26 Å². The standard InChI is InChI=1S/C12H12N2O/c1-9(2)7-12(15)14-11-6-4-3-5-10(11)8-13/h3-7H,1-2H3,(H,14,15). The normalized spacial score (nSPS) is 8.87. The van der Waals surface area contributed by atoms with E-state index in [0.717, 1.165) is 5.57 Å². The van der Waals surface area contributed by atoms with Crippen molar-refractivity contribution in [3.05, 3.63) is 41.5 Å². The maximum absolute atomic E-state index is 11.4. The van der Waals surface area contributed by atoms with Gasteiger partial charge in [0, 0.05) is 6.08 Å². The summed E-state index contributed by atoms with van der Waals surface area (Å²) in [7, 11) is 0. The number of hydrogen-bond donors (Lipinski definition) is 1.